The number of fused-ring (bicyclic) bond motifs is 9. The predicted octanol–water partition coefficient (Wildman–Crippen LogP) is 16.1. The highest BCUT2D eigenvalue weighted by atomic mass is 14.5. The van der Waals surface area contributed by atoms with E-state index in [2.05, 4.69) is 200 Å². The van der Waals surface area contributed by atoms with E-state index in [0.717, 1.165) is 0 Å². The fourth-order valence-corrected chi connectivity index (χ4v) is 11.3. The van der Waals surface area contributed by atoms with Gasteiger partial charge < -0.3 is 0 Å². The second-order valence-electron chi connectivity index (χ2n) is 19.3. The van der Waals surface area contributed by atoms with Crippen LogP contribution in [-0.2, 0) is 16.2 Å². The van der Waals surface area contributed by atoms with Crippen LogP contribution < -0.4 is 0 Å². The van der Waals surface area contributed by atoms with Gasteiger partial charge in [0.25, 0.3) is 0 Å². The van der Waals surface area contributed by atoms with E-state index < -0.39 is 0 Å². The first-order valence-corrected chi connectivity index (χ1v) is 21.0. The lowest BCUT2D eigenvalue weighted by Gasteiger charge is -2.25. The molecule has 0 radical (unpaired) electrons. The number of hydrogen-bond acceptors (Lipinski definition) is 0. The van der Waals surface area contributed by atoms with Gasteiger partial charge in [0.1, 0.15) is 0 Å². The molecule has 0 nitrogen and oxygen atoms in total. The highest BCUT2D eigenvalue weighted by Gasteiger charge is 2.43. The molecule has 0 saturated heterocycles. The van der Waals surface area contributed by atoms with Crippen molar-refractivity contribution < 1.29 is 0 Å². The van der Waals surface area contributed by atoms with Gasteiger partial charge in [0.05, 0.1) is 0 Å². The first-order valence-electron chi connectivity index (χ1n) is 21.0. The van der Waals surface area contributed by atoms with Crippen LogP contribution in [0.2, 0.25) is 0 Å². The molecule has 0 heteroatoms. The van der Waals surface area contributed by atoms with Gasteiger partial charge >= 0.3 is 0 Å². The molecule has 0 aromatic heterocycles. The minimum Gasteiger partial charge on any atom is -0.0622 e. The maximum atomic E-state index is 2.60. The molecule has 0 bridgehead atoms. The van der Waals surface area contributed by atoms with Crippen LogP contribution in [-0.4, -0.2) is 0 Å². The quantitative estimate of drug-likeness (QED) is 0.122. The first kappa shape index (κ1) is 33.9. The summed E-state index contributed by atoms with van der Waals surface area (Å²) in [6.07, 6.45) is 0. The molecule has 0 unspecified atom stereocenters. The molecule has 10 aromatic carbocycles. The van der Waals surface area contributed by atoms with Crippen molar-refractivity contribution in [3.8, 4) is 44.5 Å². The Kier molecular flexibility index (Phi) is 6.56. The number of benzene rings is 10. The van der Waals surface area contributed by atoms with E-state index in [0.29, 0.717) is 0 Å². The zero-order valence-electron chi connectivity index (χ0n) is 34.4. The summed E-state index contributed by atoms with van der Waals surface area (Å²) in [5, 5.41) is 13.4. The molecular formula is C58H46. The first-order chi connectivity index (χ1) is 27.9. The van der Waals surface area contributed by atoms with Crippen molar-refractivity contribution in [2.24, 2.45) is 0 Å². The maximum absolute atomic E-state index is 2.60. The van der Waals surface area contributed by atoms with E-state index in [9.17, 15) is 0 Å². The van der Waals surface area contributed by atoms with Crippen LogP contribution in [0.1, 0.15) is 76.3 Å². The van der Waals surface area contributed by atoms with E-state index in [-0.39, 0.29) is 16.2 Å². The molecule has 0 N–H and O–H groups in total. The summed E-state index contributed by atoms with van der Waals surface area (Å²) in [7, 11) is 0. The van der Waals surface area contributed by atoms with Gasteiger partial charge in [-0.25, -0.2) is 0 Å². The van der Waals surface area contributed by atoms with E-state index in [1.807, 2.05) is 0 Å². The van der Waals surface area contributed by atoms with Gasteiger partial charge in [-0.15, -0.1) is 0 Å². The molecule has 0 amide bonds. The molecular weight excluding hydrogens is 697 g/mol. The Morgan fingerprint density at radius 1 is 0.345 bits per heavy atom. The molecule has 0 fully saturated rings. The Morgan fingerprint density at radius 2 is 0.810 bits per heavy atom. The van der Waals surface area contributed by atoms with Gasteiger partial charge in [-0.1, -0.05) is 170 Å². The van der Waals surface area contributed by atoms with Crippen molar-refractivity contribution >= 4 is 53.9 Å². The molecule has 10 aromatic rings. The Hall–Kier alpha value is -6.24. The summed E-state index contributed by atoms with van der Waals surface area (Å²) in [6, 6.07) is 58.3. The average molecular weight is 743 g/mol. The van der Waals surface area contributed by atoms with Crippen molar-refractivity contribution in [1.82, 2.24) is 0 Å². The summed E-state index contributed by atoms with van der Waals surface area (Å²) < 4.78 is 0. The molecule has 58 heavy (non-hydrogen) atoms. The average Bonchev–Trinajstić information content (AvgIpc) is 3.58. The van der Waals surface area contributed by atoms with Gasteiger partial charge in [-0.05, 0) is 162 Å². The molecule has 0 atom stereocenters. The van der Waals surface area contributed by atoms with Crippen molar-refractivity contribution in [2.75, 3.05) is 0 Å². The van der Waals surface area contributed by atoms with Crippen LogP contribution in [0.5, 0.6) is 0 Å². The topological polar surface area (TPSA) is 0 Å². The Morgan fingerprint density at radius 3 is 1.41 bits per heavy atom. The van der Waals surface area contributed by atoms with Crippen molar-refractivity contribution in [3.63, 3.8) is 0 Å². The molecule has 0 aliphatic heterocycles. The van der Waals surface area contributed by atoms with Crippen molar-refractivity contribution in [1.29, 1.82) is 0 Å². The van der Waals surface area contributed by atoms with Crippen LogP contribution in [0, 0.1) is 0 Å². The van der Waals surface area contributed by atoms with Crippen LogP contribution in [0.25, 0.3) is 98.4 Å². The summed E-state index contributed by atoms with van der Waals surface area (Å²) in [5.74, 6) is 0. The number of hydrogen-bond donors (Lipinski definition) is 0. The molecule has 2 aliphatic carbocycles. The second kappa shape index (κ2) is 11.2. The largest absolute Gasteiger partial charge is 0.0622 e. The monoisotopic (exact) mass is 742 g/mol. The van der Waals surface area contributed by atoms with Crippen LogP contribution in [0.15, 0.2) is 152 Å². The lowest BCUT2D eigenvalue weighted by molar-refractivity contribution is 0.591. The van der Waals surface area contributed by atoms with Crippen LogP contribution >= 0.6 is 0 Å². The zero-order chi connectivity index (χ0) is 39.5. The third-order valence-electron chi connectivity index (χ3n) is 14.3. The highest BCUT2D eigenvalue weighted by molar-refractivity contribution is 6.27. The second-order valence-corrected chi connectivity index (χ2v) is 19.3. The van der Waals surface area contributed by atoms with Gasteiger partial charge in [0.15, 0.2) is 0 Å². The van der Waals surface area contributed by atoms with E-state index in [4.69, 9.17) is 0 Å². The molecule has 0 spiro atoms. The van der Waals surface area contributed by atoms with Gasteiger partial charge in [-0.3, -0.25) is 0 Å². The molecule has 0 heterocycles. The molecule has 0 saturated carbocycles. The van der Waals surface area contributed by atoms with Gasteiger partial charge in [-0.2, -0.15) is 0 Å². The predicted molar refractivity (Wildman–Crippen MR) is 250 cm³/mol. The van der Waals surface area contributed by atoms with Gasteiger partial charge in [0.2, 0.25) is 0 Å². The zero-order valence-corrected chi connectivity index (χ0v) is 34.4. The molecule has 278 valence electrons. The lowest BCUT2D eigenvalue weighted by atomic mass is 9.78. The minimum absolute atomic E-state index is 0.0883. The van der Waals surface area contributed by atoms with Crippen LogP contribution in [0.4, 0.5) is 0 Å². The smallest absolute Gasteiger partial charge is 0.0159 e. The lowest BCUT2D eigenvalue weighted by Crippen LogP contribution is -2.17. The summed E-state index contributed by atoms with van der Waals surface area (Å²) in [6.45, 7) is 16.8. The Bertz CT molecular complexity index is 3370. The SMILES string of the molecule is CC(C)(C)c1cc2ccc3cc4c(c5ccc(c1)c2c35)-c1cc2c(cc1C4(C)C)-c1cc3c(-c4ccccc4)c4ccccc4c(-c4ccccc4)c3cc1C2(C)C. The maximum Gasteiger partial charge on any atom is 0.0159 e. The fourth-order valence-electron chi connectivity index (χ4n) is 11.3. The van der Waals surface area contributed by atoms with Crippen LogP contribution in [0.3, 0.4) is 0 Å². The summed E-state index contributed by atoms with van der Waals surface area (Å²) >= 11 is 0. The molecule has 12 rings (SSSR count). The van der Waals surface area contributed by atoms with Crippen molar-refractivity contribution in [3.05, 3.63) is 179 Å². The third kappa shape index (κ3) is 4.36. The molecule has 2 aliphatic rings. The highest BCUT2D eigenvalue weighted by Crippen LogP contribution is 2.59. The van der Waals surface area contributed by atoms with E-state index in [1.165, 1.54) is 126 Å². The Balaban J connectivity index is 1.15. The number of rotatable bonds is 2. The fraction of sp³-hybridized carbons (Fsp3) is 0.172. The Labute approximate surface area is 341 Å². The van der Waals surface area contributed by atoms with E-state index in [1.54, 1.807) is 0 Å². The summed E-state index contributed by atoms with van der Waals surface area (Å²) in [5.41, 5.74) is 17.5. The third-order valence-corrected chi connectivity index (χ3v) is 14.3. The van der Waals surface area contributed by atoms with Gasteiger partial charge in [0, 0.05) is 10.8 Å². The summed E-state index contributed by atoms with van der Waals surface area (Å²) in [4.78, 5) is 0. The van der Waals surface area contributed by atoms with Crippen molar-refractivity contribution in [2.45, 2.75) is 64.7 Å². The standard InChI is InChI=1S/C58H46/c1-56(2,3)38-26-35-22-23-37-28-50-55(41-25-24-36(27-38)51(35)54(37)41)46-32-48-43(30-49(46)58(50,6)7)42-29-44-45(31-47(42)57(48,4)5)53(34-18-12-9-13-19-34)40-21-15-14-20-39(40)52(44)33-16-10-8-11-17-33/h8-32H,1-7H3. The normalized spacial score (nSPS) is 15.1. The van der Waals surface area contributed by atoms with E-state index >= 15 is 0 Å². The minimum atomic E-state index is -0.194.